The Kier molecular flexibility index (Phi) is 6.37. The van der Waals surface area contributed by atoms with Gasteiger partial charge < -0.3 is 14.6 Å². The SMILES string of the molecule is Cc1nc(C(C)(C)C)[nH]c(=O)c1C(=O)N1CCN(CCOc2ccccc2)CC1. The minimum atomic E-state index is -0.355. The van der Waals surface area contributed by atoms with Crippen LogP contribution in [-0.2, 0) is 5.41 Å². The van der Waals surface area contributed by atoms with Crippen molar-refractivity contribution in [2.24, 2.45) is 0 Å². The normalized spacial score (nSPS) is 15.4. The Morgan fingerprint density at radius 1 is 1.14 bits per heavy atom. The van der Waals surface area contributed by atoms with Crippen LogP contribution >= 0.6 is 0 Å². The first kappa shape index (κ1) is 21.0. The molecule has 0 aliphatic carbocycles. The fraction of sp³-hybridized carbons (Fsp3) is 0.500. The van der Waals surface area contributed by atoms with E-state index in [1.807, 2.05) is 51.1 Å². The van der Waals surface area contributed by atoms with Gasteiger partial charge in [-0.25, -0.2) is 4.98 Å². The number of carbonyl (C=O) groups is 1. The van der Waals surface area contributed by atoms with E-state index in [-0.39, 0.29) is 22.4 Å². The van der Waals surface area contributed by atoms with E-state index < -0.39 is 0 Å². The largest absolute Gasteiger partial charge is 0.492 e. The van der Waals surface area contributed by atoms with Crippen molar-refractivity contribution in [1.29, 1.82) is 0 Å². The summed E-state index contributed by atoms with van der Waals surface area (Å²) in [6, 6.07) is 9.74. The maximum Gasteiger partial charge on any atom is 0.264 e. The number of benzene rings is 1. The lowest BCUT2D eigenvalue weighted by molar-refractivity contribution is 0.0617. The van der Waals surface area contributed by atoms with Gasteiger partial charge in [-0.2, -0.15) is 0 Å². The highest BCUT2D eigenvalue weighted by Crippen LogP contribution is 2.18. The molecule has 1 saturated heterocycles. The molecule has 7 nitrogen and oxygen atoms in total. The number of ether oxygens (including phenoxy) is 1. The minimum Gasteiger partial charge on any atom is -0.492 e. The molecule has 1 amide bonds. The van der Waals surface area contributed by atoms with Crippen LogP contribution in [0.15, 0.2) is 35.1 Å². The topological polar surface area (TPSA) is 78.5 Å². The maximum atomic E-state index is 12.9. The highest BCUT2D eigenvalue weighted by Gasteiger charge is 2.27. The first-order chi connectivity index (χ1) is 13.8. The van der Waals surface area contributed by atoms with E-state index in [0.29, 0.717) is 31.2 Å². The number of para-hydroxylation sites is 1. The molecular formula is C22H30N4O3. The van der Waals surface area contributed by atoms with Crippen LogP contribution in [0.2, 0.25) is 0 Å². The molecule has 3 rings (SSSR count). The van der Waals surface area contributed by atoms with Crippen molar-refractivity contribution in [2.75, 3.05) is 39.3 Å². The standard InChI is InChI=1S/C22H30N4O3/c1-16-18(19(27)24-21(23-16)22(2,3)4)20(28)26-12-10-25(11-13-26)14-15-29-17-8-6-5-7-9-17/h5-9H,10-15H2,1-4H3,(H,23,24,27). The average Bonchev–Trinajstić information content (AvgIpc) is 2.68. The van der Waals surface area contributed by atoms with Crippen LogP contribution in [-0.4, -0.2) is 65.0 Å². The smallest absolute Gasteiger partial charge is 0.264 e. The number of piperazine rings is 1. The maximum absolute atomic E-state index is 12.9. The fourth-order valence-electron chi connectivity index (χ4n) is 3.33. The number of rotatable bonds is 5. The van der Waals surface area contributed by atoms with Gasteiger partial charge in [0.15, 0.2) is 0 Å². The number of hydrogen-bond donors (Lipinski definition) is 1. The molecule has 2 heterocycles. The van der Waals surface area contributed by atoms with Crippen LogP contribution in [0.5, 0.6) is 5.75 Å². The quantitative estimate of drug-likeness (QED) is 0.836. The molecular weight excluding hydrogens is 368 g/mol. The number of carbonyl (C=O) groups excluding carboxylic acids is 1. The highest BCUT2D eigenvalue weighted by atomic mass is 16.5. The molecule has 1 aromatic heterocycles. The van der Waals surface area contributed by atoms with Gasteiger partial charge in [0.05, 0.1) is 5.69 Å². The summed E-state index contributed by atoms with van der Waals surface area (Å²) < 4.78 is 5.75. The summed E-state index contributed by atoms with van der Waals surface area (Å²) >= 11 is 0. The number of hydrogen-bond acceptors (Lipinski definition) is 5. The Bertz CT molecular complexity index is 895. The predicted molar refractivity (Wildman–Crippen MR) is 113 cm³/mol. The van der Waals surface area contributed by atoms with E-state index in [2.05, 4.69) is 14.9 Å². The van der Waals surface area contributed by atoms with Crippen LogP contribution in [0.4, 0.5) is 0 Å². The lowest BCUT2D eigenvalue weighted by Gasteiger charge is -2.34. The second kappa shape index (κ2) is 8.78. The molecule has 1 aliphatic rings. The number of nitrogens with zero attached hydrogens (tertiary/aromatic N) is 3. The summed E-state index contributed by atoms with van der Waals surface area (Å²) in [6.45, 7) is 11.8. The van der Waals surface area contributed by atoms with Gasteiger partial charge in [0.2, 0.25) is 0 Å². The number of H-pyrrole nitrogens is 1. The monoisotopic (exact) mass is 398 g/mol. The lowest BCUT2D eigenvalue weighted by atomic mass is 9.95. The Labute approximate surface area is 171 Å². The molecule has 0 radical (unpaired) electrons. The van der Waals surface area contributed by atoms with E-state index in [0.717, 1.165) is 25.4 Å². The molecule has 1 aromatic carbocycles. The van der Waals surface area contributed by atoms with Crippen molar-refractivity contribution in [3.05, 3.63) is 57.8 Å². The summed E-state index contributed by atoms with van der Waals surface area (Å²) in [5.74, 6) is 1.22. The zero-order chi connectivity index (χ0) is 21.0. The minimum absolute atomic E-state index is 0.152. The first-order valence-electron chi connectivity index (χ1n) is 10.1. The zero-order valence-electron chi connectivity index (χ0n) is 17.7. The molecule has 7 heteroatoms. The van der Waals surface area contributed by atoms with Gasteiger partial charge in [-0.05, 0) is 19.1 Å². The number of aromatic amines is 1. The van der Waals surface area contributed by atoms with E-state index in [1.54, 1.807) is 11.8 Å². The van der Waals surface area contributed by atoms with E-state index >= 15 is 0 Å². The summed E-state index contributed by atoms with van der Waals surface area (Å²) in [4.78, 5) is 36.8. The second-order valence-electron chi connectivity index (χ2n) is 8.42. The summed E-state index contributed by atoms with van der Waals surface area (Å²) in [5.41, 5.74) is 0.00575. The van der Waals surface area contributed by atoms with Gasteiger partial charge in [-0.3, -0.25) is 14.5 Å². The van der Waals surface area contributed by atoms with Gasteiger partial charge in [0, 0.05) is 38.1 Å². The van der Waals surface area contributed by atoms with Crippen molar-refractivity contribution >= 4 is 5.91 Å². The molecule has 0 atom stereocenters. The van der Waals surface area contributed by atoms with Crippen molar-refractivity contribution in [3.63, 3.8) is 0 Å². The van der Waals surface area contributed by atoms with Crippen molar-refractivity contribution in [1.82, 2.24) is 19.8 Å². The van der Waals surface area contributed by atoms with E-state index in [4.69, 9.17) is 4.74 Å². The highest BCUT2D eigenvalue weighted by molar-refractivity contribution is 5.94. The fourth-order valence-corrected chi connectivity index (χ4v) is 3.33. The van der Waals surface area contributed by atoms with Gasteiger partial charge in [0.25, 0.3) is 11.5 Å². The Balaban J connectivity index is 1.55. The molecule has 1 aliphatic heterocycles. The van der Waals surface area contributed by atoms with Gasteiger partial charge >= 0.3 is 0 Å². The Morgan fingerprint density at radius 2 is 1.79 bits per heavy atom. The summed E-state index contributed by atoms with van der Waals surface area (Å²) in [7, 11) is 0. The lowest BCUT2D eigenvalue weighted by Crippen LogP contribution is -2.50. The molecule has 0 saturated carbocycles. The molecule has 1 fully saturated rings. The summed E-state index contributed by atoms with van der Waals surface area (Å²) in [5, 5.41) is 0. The van der Waals surface area contributed by atoms with E-state index in [1.165, 1.54) is 0 Å². The predicted octanol–water partition coefficient (Wildman–Crippen LogP) is 2.21. The van der Waals surface area contributed by atoms with Gasteiger partial charge in [-0.1, -0.05) is 39.0 Å². The molecule has 0 unspecified atom stereocenters. The molecule has 156 valence electrons. The van der Waals surface area contributed by atoms with Crippen LogP contribution in [0.1, 0.15) is 42.6 Å². The van der Waals surface area contributed by atoms with E-state index in [9.17, 15) is 9.59 Å². The van der Waals surface area contributed by atoms with Crippen molar-refractivity contribution in [2.45, 2.75) is 33.1 Å². The molecule has 29 heavy (non-hydrogen) atoms. The first-order valence-corrected chi connectivity index (χ1v) is 10.1. The third kappa shape index (κ3) is 5.23. The van der Waals surface area contributed by atoms with Gasteiger partial charge in [0.1, 0.15) is 23.7 Å². The number of nitrogens with one attached hydrogen (secondary N) is 1. The van der Waals surface area contributed by atoms with Crippen molar-refractivity contribution in [3.8, 4) is 5.75 Å². The molecule has 0 spiro atoms. The summed E-state index contributed by atoms with van der Waals surface area (Å²) in [6.07, 6.45) is 0. The molecule has 1 N–H and O–H groups in total. The third-order valence-electron chi connectivity index (χ3n) is 5.10. The van der Waals surface area contributed by atoms with Crippen molar-refractivity contribution < 1.29 is 9.53 Å². The van der Waals surface area contributed by atoms with Crippen LogP contribution in [0, 0.1) is 6.92 Å². The van der Waals surface area contributed by atoms with Crippen LogP contribution < -0.4 is 10.3 Å². The Morgan fingerprint density at radius 3 is 2.38 bits per heavy atom. The third-order valence-corrected chi connectivity index (χ3v) is 5.10. The zero-order valence-corrected chi connectivity index (χ0v) is 17.7. The number of aromatic nitrogens is 2. The van der Waals surface area contributed by atoms with Gasteiger partial charge in [-0.15, -0.1) is 0 Å². The molecule has 2 aromatic rings. The average molecular weight is 399 g/mol. The number of aryl methyl sites for hydroxylation is 1. The molecule has 0 bridgehead atoms. The van der Waals surface area contributed by atoms with Crippen LogP contribution in [0.25, 0.3) is 0 Å². The Hall–Kier alpha value is -2.67. The number of amides is 1. The second-order valence-corrected chi connectivity index (χ2v) is 8.42. The van der Waals surface area contributed by atoms with Crippen LogP contribution in [0.3, 0.4) is 0 Å².